The van der Waals surface area contributed by atoms with E-state index < -0.39 is 0 Å². The Morgan fingerprint density at radius 3 is 2.73 bits per heavy atom. The summed E-state index contributed by atoms with van der Waals surface area (Å²) in [6, 6.07) is 10.9. The number of hydrogen-bond donors (Lipinski definition) is 1. The van der Waals surface area contributed by atoms with E-state index in [4.69, 9.17) is 16.3 Å². The molecule has 0 saturated carbocycles. The molecule has 2 rings (SSSR count). The number of halogens is 2. The molecule has 2 aromatic rings. The lowest BCUT2D eigenvalue weighted by atomic mass is 10.1. The Labute approximate surface area is 147 Å². The van der Waals surface area contributed by atoms with Crippen LogP contribution in [0.5, 0.6) is 5.75 Å². The van der Waals surface area contributed by atoms with Crippen LogP contribution >= 0.6 is 34.2 Å². The first-order valence-electron chi connectivity index (χ1n) is 6.44. The van der Waals surface area contributed by atoms with E-state index in [9.17, 15) is 4.79 Å². The Kier molecular flexibility index (Phi) is 5.79. The molecule has 0 saturated heterocycles. The largest absolute Gasteiger partial charge is 0.496 e. The first kappa shape index (κ1) is 16.8. The van der Waals surface area contributed by atoms with Gasteiger partial charge in [0.1, 0.15) is 5.75 Å². The van der Waals surface area contributed by atoms with E-state index in [1.165, 1.54) is 0 Å². The summed E-state index contributed by atoms with van der Waals surface area (Å²) in [6.07, 6.45) is 1.57. The third-order valence-corrected chi connectivity index (χ3v) is 4.08. The van der Waals surface area contributed by atoms with Gasteiger partial charge in [-0.05, 0) is 71.0 Å². The zero-order chi connectivity index (χ0) is 16.1. The molecule has 0 aliphatic carbocycles. The molecule has 0 aromatic heterocycles. The van der Waals surface area contributed by atoms with Gasteiger partial charge in [0.2, 0.25) is 0 Å². The standard InChI is InChI=1S/C16H14ClIN2O2/c1-10-3-5-12(13(17)7-10)16(21)20-19-9-11-4-6-15(22-2)14(18)8-11/h3-9H,1-2H3,(H,20,21). The lowest BCUT2D eigenvalue weighted by Gasteiger charge is -2.04. The summed E-state index contributed by atoms with van der Waals surface area (Å²) in [6.45, 7) is 1.91. The van der Waals surface area contributed by atoms with Crippen molar-refractivity contribution in [1.82, 2.24) is 5.43 Å². The predicted octanol–water partition coefficient (Wildman–Crippen LogP) is 4.03. The smallest absolute Gasteiger partial charge is 0.272 e. The molecule has 0 aliphatic rings. The quantitative estimate of drug-likeness (QED) is 0.454. The van der Waals surface area contributed by atoms with Crippen LogP contribution in [0.2, 0.25) is 5.02 Å². The summed E-state index contributed by atoms with van der Waals surface area (Å²) in [7, 11) is 1.62. The van der Waals surface area contributed by atoms with E-state index in [2.05, 4.69) is 33.1 Å². The number of nitrogens with zero attached hydrogens (tertiary/aromatic N) is 1. The highest BCUT2D eigenvalue weighted by Gasteiger charge is 2.09. The number of hydrazone groups is 1. The van der Waals surface area contributed by atoms with Gasteiger partial charge in [0.05, 0.1) is 27.5 Å². The SMILES string of the molecule is COc1ccc(C=NNC(=O)c2ccc(C)cc2Cl)cc1I. The van der Waals surface area contributed by atoms with E-state index >= 15 is 0 Å². The normalized spacial score (nSPS) is 10.7. The van der Waals surface area contributed by atoms with Crippen molar-refractivity contribution in [3.63, 3.8) is 0 Å². The summed E-state index contributed by atoms with van der Waals surface area (Å²) in [4.78, 5) is 12.0. The highest BCUT2D eigenvalue weighted by atomic mass is 127. The molecular weight excluding hydrogens is 415 g/mol. The van der Waals surface area contributed by atoms with Crippen molar-refractivity contribution in [3.05, 3.63) is 61.7 Å². The molecule has 0 bridgehead atoms. The van der Waals surface area contributed by atoms with Crippen molar-refractivity contribution in [2.75, 3.05) is 7.11 Å². The molecule has 22 heavy (non-hydrogen) atoms. The van der Waals surface area contributed by atoms with Gasteiger partial charge in [-0.15, -0.1) is 0 Å². The molecule has 1 amide bonds. The van der Waals surface area contributed by atoms with Crippen LogP contribution in [0.15, 0.2) is 41.5 Å². The highest BCUT2D eigenvalue weighted by Crippen LogP contribution is 2.21. The molecule has 0 aliphatic heterocycles. The molecule has 0 heterocycles. The lowest BCUT2D eigenvalue weighted by molar-refractivity contribution is 0.0955. The average Bonchev–Trinajstić information content (AvgIpc) is 2.47. The molecule has 2 aromatic carbocycles. The van der Waals surface area contributed by atoms with Gasteiger partial charge in [-0.25, -0.2) is 5.43 Å². The van der Waals surface area contributed by atoms with Crippen LogP contribution in [-0.4, -0.2) is 19.2 Å². The molecule has 1 N–H and O–H groups in total. The number of hydrogen-bond acceptors (Lipinski definition) is 3. The number of carbonyl (C=O) groups excluding carboxylic acids is 1. The van der Waals surface area contributed by atoms with E-state index in [1.807, 2.05) is 31.2 Å². The third kappa shape index (κ3) is 4.20. The van der Waals surface area contributed by atoms with Crippen molar-refractivity contribution in [2.45, 2.75) is 6.92 Å². The van der Waals surface area contributed by atoms with E-state index in [0.717, 1.165) is 20.4 Å². The molecule has 0 spiro atoms. The Morgan fingerprint density at radius 1 is 1.32 bits per heavy atom. The van der Waals surface area contributed by atoms with Crippen LogP contribution in [-0.2, 0) is 0 Å². The molecule has 0 radical (unpaired) electrons. The number of amides is 1. The Morgan fingerprint density at radius 2 is 2.09 bits per heavy atom. The summed E-state index contributed by atoms with van der Waals surface area (Å²) < 4.78 is 6.16. The van der Waals surface area contributed by atoms with Crippen molar-refractivity contribution in [3.8, 4) is 5.75 Å². The zero-order valence-corrected chi connectivity index (χ0v) is 15.0. The second-order valence-corrected chi connectivity index (χ2v) is 6.15. The van der Waals surface area contributed by atoms with Crippen LogP contribution < -0.4 is 10.2 Å². The predicted molar refractivity (Wildman–Crippen MR) is 97.0 cm³/mol. The first-order chi connectivity index (χ1) is 10.5. The summed E-state index contributed by atoms with van der Waals surface area (Å²) in [5.41, 5.74) is 4.72. The number of aryl methyl sites for hydroxylation is 1. The van der Waals surface area contributed by atoms with Gasteiger partial charge < -0.3 is 4.74 Å². The fourth-order valence-electron chi connectivity index (χ4n) is 1.79. The van der Waals surface area contributed by atoms with Gasteiger partial charge >= 0.3 is 0 Å². The number of rotatable bonds is 4. The van der Waals surface area contributed by atoms with Gasteiger partial charge in [0.15, 0.2) is 0 Å². The average molecular weight is 429 g/mol. The molecule has 0 unspecified atom stereocenters. The summed E-state index contributed by atoms with van der Waals surface area (Å²) in [5.74, 6) is 0.456. The lowest BCUT2D eigenvalue weighted by Crippen LogP contribution is -2.18. The Balaban J connectivity index is 2.05. The molecule has 6 heteroatoms. The Hall–Kier alpha value is -1.60. The van der Waals surface area contributed by atoms with Crippen molar-refractivity contribution >= 4 is 46.3 Å². The number of carbonyl (C=O) groups is 1. The maximum atomic E-state index is 12.0. The van der Waals surface area contributed by atoms with Crippen molar-refractivity contribution in [1.29, 1.82) is 0 Å². The minimum absolute atomic E-state index is 0.343. The fourth-order valence-corrected chi connectivity index (χ4v) is 2.87. The summed E-state index contributed by atoms with van der Waals surface area (Å²) >= 11 is 8.22. The summed E-state index contributed by atoms with van der Waals surface area (Å²) in [5, 5.41) is 4.36. The minimum Gasteiger partial charge on any atom is -0.496 e. The monoisotopic (exact) mass is 428 g/mol. The van der Waals surface area contributed by atoms with Gasteiger partial charge in [-0.2, -0.15) is 5.10 Å². The van der Waals surface area contributed by atoms with E-state index in [0.29, 0.717) is 10.6 Å². The van der Waals surface area contributed by atoms with Crippen LogP contribution in [0.1, 0.15) is 21.5 Å². The third-order valence-electron chi connectivity index (χ3n) is 2.92. The molecular formula is C16H14ClIN2O2. The Bertz CT molecular complexity index is 732. The maximum Gasteiger partial charge on any atom is 0.272 e. The maximum absolute atomic E-state index is 12.0. The van der Waals surface area contributed by atoms with Crippen LogP contribution in [0.3, 0.4) is 0 Å². The van der Waals surface area contributed by atoms with Gasteiger partial charge in [0.25, 0.3) is 5.91 Å². The van der Waals surface area contributed by atoms with E-state index in [1.54, 1.807) is 25.5 Å². The van der Waals surface area contributed by atoms with Crippen molar-refractivity contribution < 1.29 is 9.53 Å². The first-order valence-corrected chi connectivity index (χ1v) is 7.90. The van der Waals surface area contributed by atoms with Gasteiger partial charge in [-0.3, -0.25) is 4.79 Å². The van der Waals surface area contributed by atoms with E-state index in [-0.39, 0.29) is 5.91 Å². The molecule has 4 nitrogen and oxygen atoms in total. The fraction of sp³-hybridized carbons (Fsp3) is 0.125. The zero-order valence-electron chi connectivity index (χ0n) is 12.1. The topological polar surface area (TPSA) is 50.7 Å². The van der Waals surface area contributed by atoms with Crippen LogP contribution in [0.25, 0.3) is 0 Å². The number of benzene rings is 2. The van der Waals surface area contributed by atoms with Gasteiger partial charge in [0, 0.05) is 0 Å². The van der Waals surface area contributed by atoms with Crippen LogP contribution in [0.4, 0.5) is 0 Å². The van der Waals surface area contributed by atoms with Gasteiger partial charge in [-0.1, -0.05) is 17.7 Å². The second-order valence-electron chi connectivity index (χ2n) is 4.58. The minimum atomic E-state index is -0.343. The molecule has 0 fully saturated rings. The second kappa shape index (κ2) is 7.60. The number of nitrogens with one attached hydrogen (secondary N) is 1. The van der Waals surface area contributed by atoms with Crippen molar-refractivity contribution in [2.24, 2.45) is 5.10 Å². The number of methoxy groups -OCH3 is 1. The molecule has 114 valence electrons. The number of ether oxygens (including phenoxy) is 1. The van der Waals surface area contributed by atoms with Crippen LogP contribution in [0, 0.1) is 10.5 Å². The molecule has 0 atom stereocenters. The highest BCUT2D eigenvalue weighted by molar-refractivity contribution is 14.1.